The van der Waals surface area contributed by atoms with E-state index < -0.39 is 6.09 Å². The highest BCUT2D eigenvalue weighted by atomic mass is 16.6. The number of benzene rings is 3. The van der Waals surface area contributed by atoms with Gasteiger partial charge in [0.15, 0.2) is 0 Å². The summed E-state index contributed by atoms with van der Waals surface area (Å²) in [7, 11) is 0. The Hall–Kier alpha value is -3.23. The van der Waals surface area contributed by atoms with Gasteiger partial charge in [0.2, 0.25) is 0 Å². The molecule has 0 bridgehead atoms. The van der Waals surface area contributed by atoms with Crippen LogP contribution in [0.25, 0.3) is 0 Å². The largest absolute Gasteiger partial charge is 0.441 e. The fourth-order valence-electron chi connectivity index (χ4n) is 3.27. The molecule has 182 valence electrons. The fourth-order valence-corrected chi connectivity index (χ4v) is 3.27. The van der Waals surface area contributed by atoms with Crippen LogP contribution in [0.15, 0.2) is 91.0 Å². The van der Waals surface area contributed by atoms with Crippen LogP contribution in [0.3, 0.4) is 0 Å². The van der Waals surface area contributed by atoms with E-state index in [9.17, 15) is 4.79 Å². The van der Waals surface area contributed by atoms with E-state index in [-0.39, 0.29) is 25.9 Å². The summed E-state index contributed by atoms with van der Waals surface area (Å²) in [6.07, 6.45) is -0.725. The van der Waals surface area contributed by atoms with Crippen molar-refractivity contribution in [3.8, 4) is 0 Å². The van der Waals surface area contributed by atoms with E-state index >= 15 is 0 Å². The Morgan fingerprint density at radius 3 is 1.47 bits per heavy atom. The summed E-state index contributed by atoms with van der Waals surface area (Å²) in [6, 6.07) is 28.7. The molecule has 0 radical (unpaired) electrons. The van der Waals surface area contributed by atoms with Crippen molar-refractivity contribution in [2.75, 3.05) is 44.4 Å². The SMILES string of the molecule is CC(OC(=O)N(c1ccccc1)c1ccccc1)c1ccccc1.OCCN(CCO)CCO. The number of rotatable bonds is 10. The number of amides is 1. The molecule has 0 spiro atoms. The van der Waals surface area contributed by atoms with Gasteiger partial charge in [-0.25, -0.2) is 9.69 Å². The summed E-state index contributed by atoms with van der Waals surface area (Å²) >= 11 is 0. The molecule has 0 aromatic heterocycles. The highest BCUT2D eigenvalue weighted by molar-refractivity contribution is 5.96. The molecular weight excluding hydrogens is 432 g/mol. The number of aliphatic hydroxyl groups excluding tert-OH is 3. The van der Waals surface area contributed by atoms with Crippen molar-refractivity contribution >= 4 is 17.5 Å². The Balaban J connectivity index is 0.000000347. The fraction of sp³-hybridized carbons (Fsp3) is 0.296. The van der Waals surface area contributed by atoms with Gasteiger partial charge in [0.05, 0.1) is 31.2 Å². The molecule has 0 saturated heterocycles. The van der Waals surface area contributed by atoms with E-state index in [1.807, 2.05) is 97.9 Å². The van der Waals surface area contributed by atoms with Gasteiger partial charge in [0.1, 0.15) is 6.10 Å². The second kappa shape index (κ2) is 15.6. The van der Waals surface area contributed by atoms with Crippen molar-refractivity contribution in [1.82, 2.24) is 4.90 Å². The molecule has 0 fully saturated rings. The van der Waals surface area contributed by atoms with E-state index in [1.54, 1.807) is 9.80 Å². The molecule has 1 amide bonds. The van der Waals surface area contributed by atoms with E-state index in [1.165, 1.54) is 0 Å². The molecule has 0 aliphatic rings. The van der Waals surface area contributed by atoms with Gasteiger partial charge < -0.3 is 20.1 Å². The lowest BCUT2D eigenvalue weighted by Gasteiger charge is -2.24. The van der Waals surface area contributed by atoms with E-state index in [0.29, 0.717) is 19.6 Å². The van der Waals surface area contributed by atoms with Gasteiger partial charge >= 0.3 is 6.09 Å². The highest BCUT2D eigenvalue weighted by Gasteiger charge is 2.22. The minimum atomic E-state index is -0.399. The zero-order valence-electron chi connectivity index (χ0n) is 19.5. The minimum Gasteiger partial charge on any atom is -0.441 e. The monoisotopic (exact) mass is 466 g/mol. The molecule has 3 rings (SSSR count). The molecule has 0 heterocycles. The standard InChI is InChI=1S/C21H19NO2.C6H15NO3/c1-17(18-11-5-2-6-12-18)24-21(23)22(19-13-7-3-8-14-19)20-15-9-4-10-16-20;8-4-1-7(2-5-9)3-6-10/h2-17H,1H3;8-10H,1-6H2. The van der Waals surface area contributed by atoms with Gasteiger partial charge in [0.25, 0.3) is 0 Å². The first-order valence-corrected chi connectivity index (χ1v) is 11.3. The summed E-state index contributed by atoms with van der Waals surface area (Å²) in [5.41, 5.74) is 2.51. The predicted octanol–water partition coefficient (Wildman–Crippen LogP) is 3.99. The van der Waals surface area contributed by atoms with Crippen LogP contribution in [0.1, 0.15) is 18.6 Å². The maximum absolute atomic E-state index is 12.8. The van der Waals surface area contributed by atoms with Gasteiger partial charge in [0, 0.05) is 19.6 Å². The average Bonchev–Trinajstić information content (AvgIpc) is 2.87. The third-order valence-electron chi connectivity index (χ3n) is 5.01. The number of carbonyl (C=O) groups excluding carboxylic acids is 1. The quantitative estimate of drug-likeness (QED) is 0.418. The van der Waals surface area contributed by atoms with Gasteiger partial charge in [-0.1, -0.05) is 66.7 Å². The molecule has 7 heteroatoms. The number of para-hydroxylation sites is 2. The van der Waals surface area contributed by atoms with Gasteiger partial charge in [-0.05, 0) is 36.8 Å². The first kappa shape index (κ1) is 27.0. The lowest BCUT2D eigenvalue weighted by atomic mass is 10.1. The third kappa shape index (κ3) is 8.96. The average molecular weight is 467 g/mol. The highest BCUT2D eigenvalue weighted by Crippen LogP contribution is 2.28. The number of aliphatic hydroxyl groups is 3. The Bertz CT molecular complexity index is 872. The second-order valence-corrected chi connectivity index (χ2v) is 7.46. The molecule has 7 nitrogen and oxygen atoms in total. The first-order chi connectivity index (χ1) is 16.6. The van der Waals surface area contributed by atoms with Crippen LogP contribution in [-0.4, -0.2) is 65.8 Å². The number of hydrogen-bond donors (Lipinski definition) is 3. The van der Waals surface area contributed by atoms with Crippen LogP contribution >= 0.6 is 0 Å². The zero-order chi connectivity index (χ0) is 24.6. The summed E-state index contributed by atoms with van der Waals surface area (Å²) in [5, 5.41) is 25.5. The molecule has 3 N–H and O–H groups in total. The number of hydrogen-bond acceptors (Lipinski definition) is 6. The van der Waals surface area contributed by atoms with Crippen molar-refractivity contribution in [2.24, 2.45) is 0 Å². The smallest absolute Gasteiger partial charge is 0.419 e. The van der Waals surface area contributed by atoms with Crippen LogP contribution in [0.5, 0.6) is 0 Å². The number of ether oxygens (including phenoxy) is 1. The van der Waals surface area contributed by atoms with Crippen molar-refractivity contribution in [2.45, 2.75) is 13.0 Å². The van der Waals surface area contributed by atoms with Gasteiger partial charge in [-0.3, -0.25) is 4.90 Å². The maximum Gasteiger partial charge on any atom is 0.419 e. The summed E-state index contributed by atoms with van der Waals surface area (Å²) in [6.45, 7) is 3.63. The van der Waals surface area contributed by atoms with E-state index in [0.717, 1.165) is 16.9 Å². The minimum absolute atomic E-state index is 0.0694. The first-order valence-electron chi connectivity index (χ1n) is 11.3. The molecule has 1 unspecified atom stereocenters. The van der Waals surface area contributed by atoms with Crippen LogP contribution in [0, 0.1) is 0 Å². The number of nitrogens with zero attached hydrogens (tertiary/aromatic N) is 2. The van der Waals surface area contributed by atoms with E-state index in [4.69, 9.17) is 20.1 Å². The van der Waals surface area contributed by atoms with Crippen molar-refractivity contribution < 1.29 is 24.9 Å². The van der Waals surface area contributed by atoms with E-state index in [2.05, 4.69) is 0 Å². The normalized spacial score (nSPS) is 11.3. The predicted molar refractivity (Wildman–Crippen MR) is 134 cm³/mol. The Morgan fingerprint density at radius 2 is 1.09 bits per heavy atom. The van der Waals surface area contributed by atoms with Crippen LogP contribution in [0.2, 0.25) is 0 Å². The molecule has 0 saturated carbocycles. The molecule has 1 atom stereocenters. The van der Waals surface area contributed by atoms with Crippen LogP contribution in [-0.2, 0) is 4.74 Å². The topological polar surface area (TPSA) is 93.5 Å². The van der Waals surface area contributed by atoms with Gasteiger partial charge in [-0.15, -0.1) is 0 Å². The number of anilines is 2. The second-order valence-electron chi connectivity index (χ2n) is 7.46. The zero-order valence-corrected chi connectivity index (χ0v) is 19.5. The summed E-state index contributed by atoms with van der Waals surface area (Å²) < 4.78 is 5.69. The molecular formula is C27H34N2O5. The summed E-state index contributed by atoms with van der Waals surface area (Å²) in [5.74, 6) is 0. The Labute approximate surface area is 201 Å². The lowest BCUT2D eigenvalue weighted by Crippen LogP contribution is -2.32. The van der Waals surface area contributed by atoms with Crippen LogP contribution < -0.4 is 4.90 Å². The third-order valence-corrected chi connectivity index (χ3v) is 5.01. The molecule has 3 aromatic carbocycles. The molecule has 0 aliphatic heterocycles. The van der Waals surface area contributed by atoms with Crippen molar-refractivity contribution in [1.29, 1.82) is 0 Å². The summed E-state index contributed by atoms with van der Waals surface area (Å²) in [4.78, 5) is 16.2. The lowest BCUT2D eigenvalue weighted by molar-refractivity contribution is 0.116. The van der Waals surface area contributed by atoms with Crippen LogP contribution in [0.4, 0.5) is 16.2 Å². The Kier molecular flexibility index (Phi) is 12.4. The number of carbonyl (C=O) groups is 1. The van der Waals surface area contributed by atoms with Gasteiger partial charge in [-0.2, -0.15) is 0 Å². The maximum atomic E-state index is 12.8. The Morgan fingerprint density at radius 1 is 0.706 bits per heavy atom. The van der Waals surface area contributed by atoms with Crippen molar-refractivity contribution in [3.63, 3.8) is 0 Å². The van der Waals surface area contributed by atoms with Crippen molar-refractivity contribution in [3.05, 3.63) is 96.6 Å². The molecule has 3 aromatic rings. The molecule has 0 aliphatic carbocycles. The molecule has 34 heavy (non-hydrogen) atoms.